The molecule has 0 spiro atoms. The molecule has 4 amide bonds. The van der Waals surface area contributed by atoms with Crippen LogP contribution in [0, 0.1) is 0 Å². The van der Waals surface area contributed by atoms with Crippen LogP contribution in [0.3, 0.4) is 0 Å². The average molecular weight is 461 g/mol. The molecular formula is C22H22Cl2N4O3. The third-order valence-electron chi connectivity index (χ3n) is 5.70. The maximum absolute atomic E-state index is 13.0. The molecule has 0 radical (unpaired) electrons. The van der Waals surface area contributed by atoms with Crippen LogP contribution < -0.4 is 15.5 Å². The second-order valence-corrected chi connectivity index (χ2v) is 8.68. The summed E-state index contributed by atoms with van der Waals surface area (Å²) < 4.78 is 0. The topological polar surface area (TPSA) is 81.8 Å². The molecule has 4 rings (SSSR count). The Labute approximate surface area is 190 Å². The number of nitrogens with one attached hydrogen (secondary N) is 2. The van der Waals surface area contributed by atoms with Gasteiger partial charge in [-0.3, -0.25) is 14.5 Å². The van der Waals surface area contributed by atoms with Crippen molar-refractivity contribution in [3.05, 3.63) is 58.1 Å². The number of rotatable bonds is 5. The Hall–Kier alpha value is -2.77. The number of anilines is 2. The minimum atomic E-state index is -1.33. The van der Waals surface area contributed by atoms with Crippen molar-refractivity contribution in [3.8, 4) is 0 Å². The van der Waals surface area contributed by atoms with E-state index in [0.717, 1.165) is 23.7 Å². The maximum atomic E-state index is 13.0. The number of nitrogens with zero attached hydrogens (tertiary/aromatic N) is 2. The van der Waals surface area contributed by atoms with Crippen LogP contribution in [0.5, 0.6) is 0 Å². The van der Waals surface area contributed by atoms with Crippen molar-refractivity contribution in [1.29, 1.82) is 0 Å². The predicted octanol–water partition coefficient (Wildman–Crippen LogP) is 4.00. The van der Waals surface area contributed by atoms with Crippen molar-refractivity contribution < 1.29 is 14.4 Å². The summed E-state index contributed by atoms with van der Waals surface area (Å²) in [5.41, 5.74) is 0.873. The van der Waals surface area contributed by atoms with E-state index in [1.165, 1.54) is 18.9 Å². The molecule has 2 heterocycles. The highest BCUT2D eigenvalue weighted by Crippen LogP contribution is 2.33. The number of hydrogen-bond acceptors (Lipinski definition) is 4. The second-order valence-electron chi connectivity index (χ2n) is 7.86. The molecule has 2 aliphatic rings. The highest BCUT2D eigenvalue weighted by molar-refractivity contribution is 6.42. The number of benzene rings is 2. The van der Waals surface area contributed by atoms with Gasteiger partial charge in [-0.05, 0) is 61.7 Å². The van der Waals surface area contributed by atoms with Gasteiger partial charge in [0.1, 0.15) is 12.1 Å². The third-order valence-corrected chi connectivity index (χ3v) is 6.43. The summed E-state index contributed by atoms with van der Waals surface area (Å²) >= 11 is 12.0. The minimum Gasteiger partial charge on any atom is -0.372 e. The molecule has 2 aliphatic heterocycles. The van der Waals surface area contributed by atoms with E-state index in [1.54, 1.807) is 19.1 Å². The maximum Gasteiger partial charge on any atom is 0.325 e. The minimum absolute atomic E-state index is 0.274. The number of amides is 4. The lowest BCUT2D eigenvalue weighted by atomic mass is 9.92. The molecule has 9 heteroatoms. The number of imide groups is 1. The lowest BCUT2D eigenvalue weighted by molar-refractivity contribution is -0.133. The van der Waals surface area contributed by atoms with Gasteiger partial charge in [0.05, 0.1) is 10.0 Å². The van der Waals surface area contributed by atoms with Crippen LogP contribution in [0.4, 0.5) is 16.2 Å². The first-order chi connectivity index (χ1) is 14.8. The number of carbonyl (C=O) groups is 3. The fourth-order valence-corrected chi connectivity index (χ4v) is 4.22. The Balaban J connectivity index is 1.42. The first-order valence-corrected chi connectivity index (χ1v) is 10.8. The summed E-state index contributed by atoms with van der Waals surface area (Å²) in [5.74, 6) is -0.994. The normalized spacial score (nSPS) is 20.9. The lowest BCUT2D eigenvalue weighted by Gasteiger charge is -2.22. The zero-order valence-electron chi connectivity index (χ0n) is 17.0. The highest BCUT2D eigenvalue weighted by Gasteiger charge is 2.49. The van der Waals surface area contributed by atoms with E-state index in [0.29, 0.717) is 16.3 Å². The van der Waals surface area contributed by atoms with Gasteiger partial charge in [-0.25, -0.2) is 4.79 Å². The summed E-state index contributed by atoms with van der Waals surface area (Å²) in [7, 11) is 0. The van der Waals surface area contributed by atoms with Gasteiger partial charge in [0.15, 0.2) is 0 Å². The molecule has 0 bridgehead atoms. The monoisotopic (exact) mass is 460 g/mol. The fraction of sp³-hybridized carbons (Fsp3) is 0.318. The molecule has 2 saturated heterocycles. The molecule has 7 nitrogen and oxygen atoms in total. The van der Waals surface area contributed by atoms with Crippen molar-refractivity contribution in [2.24, 2.45) is 0 Å². The third kappa shape index (κ3) is 4.20. The summed E-state index contributed by atoms with van der Waals surface area (Å²) in [4.78, 5) is 41.2. The average Bonchev–Trinajstić information content (AvgIpc) is 3.35. The van der Waals surface area contributed by atoms with Crippen molar-refractivity contribution >= 4 is 52.4 Å². The molecule has 0 aliphatic carbocycles. The van der Waals surface area contributed by atoms with Gasteiger partial charge in [0, 0.05) is 24.5 Å². The van der Waals surface area contributed by atoms with Gasteiger partial charge in [-0.15, -0.1) is 0 Å². The molecule has 2 aromatic carbocycles. The largest absolute Gasteiger partial charge is 0.372 e. The molecule has 2 aromatic rings. The Bertz CT molecular complexity index is 1040. The van der Waals surface area contributed by atoms with E-state index in [1.807, 2.05) is 24.3 Å². The first kappa shape index (κ1) is 21.5. The quantitative estimate of drug-likeness (QED) is 0.660. The highest BCUT2D eigenvalue weighted by atomic mass is 35.5. The zero-order valence-corrected chi connectivity index (χ0v) is 18.5. The van der Waals surface area contributed by atoms with Crippen LogP contribution in [0.2, 0.25) is 10.0 Å². The van der Waals surface area contributed by atoms with E-state index < -0.39 is 29.9 Å². The lowest BCUT2D eigenvalue weighted by Crippen LogP contribution is -2.42. The number of hydrogen-bond donors (Lipinski definition) is 2. The van der Waals surface area contributed by atoms with Gasteiger partial charge in [0.25, 0.3) is 5.91 Å². The first-order valence-electron chi connectivity index (χ1n) is 10.0. The van der Waals surface area contributed by atoms with Crippen LogP contribution in [-0.4, -0.2) is 42.4 Å². The molecule has 0 aromatic heterocycles. The van der Waals surface area contributed by atoms with Gasteiger partial charge in [0.2, 0.25) is 5.91 Å². The van der Waals surface area contributed by atoms with Crippen LogP contribution >= 0.6 is 23.2 Å². The summed E-state index contributed by atoms with van der Waals surface area (Å²) in [5, 5.41) is 6.01. The standard InChI is InChI=1S/C22H22Cl2N4O3/c1-22(14-4-9-17(23)18(24)12-14)20(30)28(21(31)26-22)13-19(29)25-15-5-7-16(8-6-15)27-10-2-3-11-27/h4-9,12H,2-3,10-11,13H2,1H3,(H,25,29)(H,26,31). The van der Waals surface area contributed by atoms with E-state index in [4.69, 9.17) is 23.2 Å². The van der Waals surface area contributed by atoms with E-state index >= 15 is 0 Å². The Morgan fingerprint density at radius 3 is 2.39 bits per heavy atom. The van der Waals surface area contributed by atoms with Gasteiger partial charge >= 0.3 is 6.03 Å². The van der Waals surface area contributed by atoms with Crippen LogP contribution in [0.25, 0.3) is 0 Å². The second kappa shape index (κ2) is 8.40. The molecule has 1 unspecified atom stereocenters. The fourth-order valence-electron chi connectivity index (χ4n) is 3.92. The molecule has 2 N–H and O–H groups in total. The Morgan fingerprint density at radius 2 is 1.74 bits per heavy atom. The number of halogens is 2. The van der Waals surface area contributed by atoms with E-state index in [9.17, 15) is 14.4 Å². The molecule has 2 fully saturated rings. The summed E-state index contributed by atoms with van der Waals surface area (Å²) in [6, 6.07) is 11.6. The van der Waals surface area contributed by atoms with Crippen molar-refractivity contribution in [1.82, 2.24) is 10.2 Å². The molecule has 31 heavy (non-hydrogen) atoms. The van der Waals surface area contributed by atoms with Gasteiger partial charge < -0.3 is 15.5 Å². The van der Waals surface area contributed by atoms with Gasteiger partial charge in [-0.2, -0.15) is 0 Å². The Kier molecular flexibility index (Phi) is 5.81. The van der Waals surface area contributed by atoms with Gasteiger partial charge in [-0.1, -0.05) is 29.3 Å². The molecule has 0 saturated carbocycles. The zero-order chi connectivity index (χ0) is 22.2. The summed E-state index contributed by atoms with van der Waals surface area (Å²) in [6.07, 6.45) is 2.37. The van der Waals surface area contributed by atoms with Crippen LogP contribution in [0.1, 0.15) is 25.3 Å². The Morgan fingerprint density at radius 1 is 1.06 bits per heavy atom. The van der Waals surface area contributed by atoms with Crippen molar-refractivity contribution in [2.45, 2.75) is 25.3 Å². The summed E-state index contributed by atoms with van der Waals surface area (Å²) in [6.45, 7) is 3.25. The van der Waals surface area contributed by atoms with Crippen LogP contribution in [0.15, 0.2) is 42.5 Å². The number of urea groups is 1. The predicted molar refractivity (Wildman–Crippen MR) is 121 cm³/mol. The SMILES string of the molecule is CC1(c2ccc(Cl)c(Cl)c2)NC(=O)N(CC(=O)Nc2ccc(N3CCCC3)cc2)C1=O. The molecular weight excluding hydrogens is 439 g/mol. The van der Waals surface area contributed by atoms with Crippen LogP contribution in [-0.2, 0) is 15.1 Å². The van der Waals surface area contributed by atoms with E-state index in [2.05, 4.69) is 15.5 Å². The molecule has 162 valence electrons. The smallest absolute Gasteiger partial charge is 0.325 e. The van der Waals surface area contributed by atoms with Crippen molar-refractivity contribution in [2.75, 3.05) is 29.9 Å². The van der Waals surface area contributed by atoms with Crippen molar-refractivity contribution in [3.63, 3.8) is 0 Å². The number of carbonyl (C=O) groups excluding carboxylic acids is 3. The molecule has 1 atom stereocenters. The van der Waals surface area contributed by atoms with E-state index in [-0.39, 0.29) is 5.02 Å².